The second-order valence-electron chi connectivity index (χ2n) is 7.31. The fourth-order valence-electron chi connectivity index (χ4n) is 4.12. The van der Waals surface area contributed by atoms with E-state index < -0.39 is 24.0 Å². The summed E-state index contributed by atoms with van der Waals surface area (Å²) >= 11 is 18.6. The maximum Gasteiger partial charge on any atom is 0.266 e. The van der Waals surface area contributed by atoms with E-state index in [0.29, 0.717) is 32.0 Å². The van der Waals surface area contributed by atoms with Crippen LogP contribution in [0.5, 0.6) is 0 Å². The molecule has 0 N–H and O–H groups in total. The summed E-state index contributed by atoms with van der Waals surface area (Å²) in [6.07, 6.45) is -0.972. The summed E-state index contributed by atoms with van der Waals surface area (Å²) in [6, 6.07) is 20.2. The van der Waals surface area contributed by atoms with Crippen LogP contribution in [0.3, 0.4) is 0 Å². The first kappa shape index (κ1) is 20.3. The highest BCUT2D eigenvalue weighted by atomic mass is 35.5. The maximum atomic E-state index is 13.5. The molecule has 2 amide bonds. The van der Waals surface area contributed by atoms with Gasteiger partial charge in [0.1, 0.15) is 5.92 Å². The van der Waals surface area contributed by atoms with E-state index in [1.807, 2.05) is 6.07 Å². The summed E-state index contributed by atoms with van der Waals surface area (Å²) in [5.74, 6) is -1.52. The number of para-hydroxylation sites is 1. The number of nitrogens with zero attached hydrogens (tertiary/aromatic N) is 2. The van der Waals surface area contributed by atoms with E-state index in [4.69, 9.17) is 39.6 Å². The highest BCUT2D eigenvalue weighted by Gasteiger charge is 2.60. The van der Waals surface area contributed by atoms with Crippen molar-refractivity contribution < 1.29 is 14.4 Å². The van der Waals surface area contributed by atoms with Crippen molar-refractivity contribution in [2.75, 3.05) is 9.96 Å². The summed E-state index contributed by atoms with van der Waals surface area (Å²) in [6.45, 7) is 0. The van der Waals surface area contributed by atoms with Gasteiger partial charge in [-0.15, -0.1) is 0 Å². The molecule has 0 unspecified atom stereocenters. The molecule has 0 bridgehead atoms. The van der Waals surface area contributed by atoms with E-state index in [9.17, 15) is 9.59 Å². The van der Waals surface area contributed by atoms with E-state index in [2.05, 4.69) is 0 Å². The number of benzene rings is 3. The van der Waals surface area contributed by atoms with E-state index >= 15 is 0 Å². The third-order valence-electron chi connectivity index (χ3n) is 5.49. The van der Waals surface area contributed by atoms with Crippen molar-refractivity contribution in [1.82, 2.24) is 0 Å². The standard InChI is InChI=1S/C23H15Cl3N2O3/c24-13-6-9-16(10-7-13)28-20(17-11-8-14(25)12-18(17)26)19-21(31-28)23(30)27(22(19)29)15-4-2-1-3-5-15/h1-12,19-21H/t19-,20-,21-/m0/s1. The highest BCUT2D eigenvalue weighted by molar-refractivity contribution is 6.35. The van der Waals surface area contributed by atoms with Gasteiger partial charge in [-0.2, -0.15) is 0 Å². The van der Waals surface area contributed by atoms with Gasteiger partial charge in [0.15, 0.2) is 6.10 Å². The van der Waals surface area contributed by atoms with E-state index in [1.165, 1.54) is 4.90 Å². The number of carbonyl (C=O) groups excluding carboxylic acids is 2. The van der Waals surface area contributed by atoms with Crippen LogP contribution in [-0.2, 0) is 14.4 Å². The first-order chi connectivity index (χ1) is 15.0. The van der Waals surface area contributed by atoms with Gasteiger partial charge in [-0.05, 0) is 54.1 Å². The van der Waals surface area contributed by atoms with Crippen LogP contribution in [0.1, 0.15) is 11.6 Å². The first-order valence-electron chi connectivity index (χ1n) is 9.55. The van der Waals surface area contributed by atoms with E-state index in [0.717, 1.165) is 0 Å². The van der Waals surface area contributed by atoms with Gasteiger partial charge in [-0.3, -0.25) is 14.4 Å². The molecule has 2 fully saturated rings. The number of anilines is 2. The average molecular weight is 474 g/mol. The van der Waals surface area contributed by atoms with Crippen molar-refractivity contribution in [1.29, 1.82) is 0 Å². The van der Waals surface area contributed by atoms with Gasteiger partial charge >= 0.3 is 0 Å². The van der Waals surface area contributed by atoms with Gasteiger partial charge in [0.25, 0.3) is 5.91 Å². The summed E-state index contributed by atoms with van der Waals surface area (Å²) in [5, 5.41) is 2.99. The maximum absolute atomic E-state index is 13.5. The quantitative estimate of drug-likeness (QED) is 0.458. The van der Waals surface area contributed by atoms with Crippen LogP contribution in [0.25, 0.3) is 0 Å². The van der Waals surface area contributed by atoms with Crippen molar-refractivity contribution in [3.63, 3.8) is 0 Å². The number of imide groups is 1. The van der Waals surface area contributed by atoms with Gasteiger partial charge in [-0.25, -0.2) is 9.96 Å². The van der Waals surface area contributed by atoms with Crippen LogP contribution < -0.4 is 9.96 Å². The number of hydroxylamine groups is 1. The largest absolute Gasteiger partial charge is 0.273 e. The molecule has 31 heavy (non-hydrogen) atoms. The van der Waals surface area contributed by atoms with Crippen molar-refractivity contribution >= 4 is 58.0 Å². The Labute approximate surface area is 193 Å². The number of hydrogen-bond donors (Lipinski definition) is 0. The summed E-state index contributed by atoms with van der Waals surface area (Å²) < 4.78 is 0. The first-order valence-corrected chi connectivity index (χ1v) is 10.7. The number of amides is 2. The molecule has 0 aromatic heterocycles. The number of hydrogen-bond acceptors (Lipinski definition) is 4. The third-order valence-corrected chi connectivity index (χ3v) is 6.31. The number of fused-ring (bicyclic) bond motifs is 1. The van der Waals surface area contributed by atoms with E-state index in [-0.39, 0.29) is 5.91 Å². The lowest BCUT2D eigenvalue weighted by molar-refractivity contribution is -0.126. The monoisotopic (exact) mass is 472 g/mol. The molecule has 156 valence electrons. The predicted molar refractivity (Wildman–Crippen MR) is 120 cm³/mol. The van der Waals surface area contributed by atoms with Gasteiger partial charge in [-0.1, -0.05) is 59.1 Å². The minimum absolute atomic E-state index is 0.339. The minimum Gasteiger partial charge on any atom is -0.273 e. The molecule has 5 nitrogen and oxygen atoms in total. The molecule has 3 aromatic carbocycles. The highest BCUT2D eigenvalue weighted by Crippen LogP contribution is 2.49. The van der Waals surface area contributed by atoms with Crippen LogP contribution in [0.2, 0.25) is 15.1 Å². The van der Waals surface area contributed by atoms with Gasteiger partial charge < -0.3 is 0 Å². The second kappa shape index (κ2) is 7.84. The van der Waals surface area contributed by atoms with E-state index in [1.54, 1.807) is 71.8 Å². The van der Waals surface area contributed by atoms with Crippen LogP contribution >= 0.6 is 34.8 Å². The Morgan fingerprint density at radius 1 is 0.742 bits per heavy atom. The molecule has 5 rings (SSSR count). The molecular weight excluding hydrogens is 459 g/mol. The van der Waals surface area contributed by atoms with Crippen molar-refractivity contribution in [2.24, 2.45) is 5.92 Å². The molecule has 2 aliphatic heterocycles. The van der Waals surface area contributed by atoms with Gasteiger partial charge in [0.2, 0.25) is 5.91 Å². The summed E-state index contributed by atoms with van der Waals surface area (Å²) in [4.78, 5) is 34.0. The molecule has 0 aliphatic carbocycles. The van der Waals surface area contributed by atoms with Gasteiger partial charge in [0.05, 0.1) is 17.4 Å². The molecular formula is C23H15Cl3N2O3. The lowest BCUT2D eigenvalue weighted by atomic mass is 9.90. The van der Waals surface area contributed by atoms with Crippen molar-refractivity contribution in [2.45, 2.75) is 12.1 Å². The zero-order chi connectivity index (χ0) is 21.7. The normalized spacial score (nSPS) is 22.9. The van der Waals surface area contributed by atoms with Crippen LogP contribution in [-0.4, -0.2) is 17.9 Å². The van der Waals surface area contributed by atoms with Gasteiger partial charge in [0, 0.05) is 15.1 Å². The molecule has 0 radical (unpaired) electrons. The Bertz CT molecular complexity index is 1170. The fraction of sp³-hybridized carbons (Fsp3) is 0.130. The summed E-state index contributed by atoms with van der Waals surface area (Å²) in [5.41, 5.74) is 1.81. The zero-order valence-corrected chi connectivity index (χ0v) is 18.2. The molecule has 0 spiro atoms. The number of rotatable bonds is 3. The smallest absolute Gasteiger partial charge is 0.266 e. The minimum atomic E-state index is -0.972. The molecule has 8 heteroatoms. The van der Waals surface area contributed by atoms with Crippen molar-refractivity contribution in [3.05, 3.63) is 93.4 Å². The second-order valence-corrected chi connectivity index (χ2v) is 8.59. The number of carbonyl (C=O) groups is 2. The lowest BCUT2D eigenvalue weighted by Crippen LogP contribution is -2.37. The van der Waals surface area contributed by atoms with Crippen LogP contribution in [0.15, 0.2) is 72.8 Å². The molecule has 2 heterocycles. The van der Waals surface area contributed by atoms with Crippen LogP contribution in [0, 0.1) is 5.92 Å². The Balaban J connectivity index is 1.62. The predicted octanol–water partition coefficient (Wildman–Crippen LogP) is 5.70. The zero-order valence-electron chi connectivity index (χ0n) is 15.9. The Morgan fingerprint density at radius 2 is 1.42 bits per heavy atom. The molecule has 0 saturated carbocycles. The Morgan fingerprint density at radius 3 is 2.10 bits per heavy atom. The lowest BCUT2D eigenvalue weighted by Gasteiger charge is -2.29. The molecule has 2 aliphatic rings. The average Bonchev–Trinajstić information content (AvgIpc) is 3.25. The Kier molecular flexibility index (Phi) is 5.15. The molecule has 3 aromatic rings. The topological polar surface area (TPSA) is 49.9 Å². The van der Waals surface area contributed by atoms with Crippen molar-refractivity contribution in [3.8, 4) is 0 Å². The molecule has 3 atom stereocenters. The third kappa shape index (κ3) is 3.38. The fourth-order valence-corrected chi connectivity index (χ4v) is 4.76. The molecule has 2 saturated heterocycles. The van der Waals surface area contributed by atoms with Crippen LogP contribution in [0.4, 0.5) is 11.4 Å². The SMILES string of the molecule is O=C1[C@@H]2[C@H](ON(c3ccc(Cl)cc3)[C@H]2c2ccc(Cl)cc2Cl)C(=O)N1c1ccccc1. The number of halogens is 3. The summed E-state index contributed by atoms with van der Waals surface area (Å²) in [7, 11) is 0. The Hall–Kier alpha value is -2.57.